The first-order valence-electron chi connectivity index (χ1n) is 7.28. The monoisotopic (exact) mass is 277 g/mol. The third-order valence-electron chi connectivity index (χ3n) is 4.49. The Balaban J connectivity index is 1.74. The Labute approximate surface area is 112 Å². The molecule has 0 atom stereocenters. The van der Waals surface area contributed by atoms with Crippen molar-refractivity contribution in [3.8, 4) is 0 Å². The normalized spacial score (nSPS) is 24.6. The van der Waals surface area contributed by atoms with E-state index in [0.29, 0.717) is 19.6 Å². The lowest BCUT2D eigenvalue weighted by molar-refractivity contribution is -0.185. The first kappa shape index (κ1) is 14.8. The predicted octanol–water partition coefficient (Wildman–Crippen LogP) is 3.41. The van der Waals surface area contributed by atoms with Crippen LogP contribution in [-0.4, -0.2) is 36.5 Å². The Kier molecular flexibility index (Phi) is 4.87. The zero-order chi connectivity index (χ0) is 13.9. The summed E-state index contributed by atoms with van der Waals surface area (Å²) in [4.78, 5) is 14.0. The summed E-state index contributed by atoms with van der Waals surface area (Å²) < 4.78 is 37.6. The van der Waals surface area contributed by atoms with E-state index in [4.69, 9.17) is 0 Å². The first-order valence-corrected chi connectivity index (χ1v) is 7.28. The third-order valence-corrected chi connectivity index (χ3v) is 4.49. The number of carbonyl (C=O) groups is 1. The van der Waals surface area contributed by atoms with E-state index < -0.39 is 12.1 Å². The van der Waals surface area contributed by atoms with Crippen LogP contribution in [-0.2, 0) is 4.79 Å². The van der Waals surface area contributed by atoms with Crippen LogP contribution in [0.1, 0.15) is 44.9 Å². The molecule has 0 N–H and O–H groups in total. The maximum absolute atomic E-state index is 12.5. The van der Waals surface area contributed by atoms with Gasteiger partial charge in [-0.15, -0.1) is 0 Å². The van der Waals surface area contributed by atoms with Gasteiger partial charge in [-0.05, 0) is 38.8 Å². The van der Waals surface area contributed by atoms with Gasteiger partial charge in [-0.1, -0.05) is 19.3 Å². The zero-order valence-electron chi connectivity index (χ0n) is 11.2. The lowest BCUT2D eigenvalue weighted by Crippen LogP contribution is -2.42. The van der Waals surface area contributed by atoms with Crippen LogP contribution in [0.5, 0.6) is 0 Å². The number of nitrogens with zero attached hydrogens (tertiary/aromatic N) is 1. The summed E-state index contributed by atoms with van der Waals surface area (Å²) in [5.74, 6) is -0.771. The standard InChI is InChI=1S/C14H22F3NO/c15-14(16,17)12-6-8-18(9-7-12)10-13(19)11-4-2-1-3-5-11/h11-12H,1-10H2. The van der Waals surface area contributed by atoms with Gasteiger partial charge in [0.15, 0.2) is 0 Å². The van der Waals surface area contributed by atoms with E-state index in [1.165, 1.54) is 6.42 Å². The molecule has 1 saturated heterocycles. The van der Waals surface area contributed by atoms with E-state index in [0.717, 1.165) is 25.7 Å². The minimum atomic E-state index is -4.07. The second kappa shape index (κ2) is 6.25. The highest BCUT2D eigenvalue weighted by molar-refractivity contribution is 5.83. The Bertz CT molecular complexity index is 302. The van der Waals surface area contributed by atoms with Crippen LogP contribution in [0.25, 0.3) is 0 Å². The summed E-state index contributed by atoms with van der Waals surface area (Å²) in [5.41, 5.74) is 0. The number of ketones is 1. The van der Waals surface area contributed by atoms with Gasteiger partial charge in [0, 0.05) is 5.92 Å². The van der Waals surface area contributed by atoms with E-state index in [2.05, 4.69) is 0 Å². The van der Waals surface area contributed by atoms with E-state index in [9.17, 15) is 18.0 Å². The van der Waals surface area contributed by atoms with E-state index in [-0.39, 0.29) is 24.5 Å². The van der Waals surface area contributed by atoms with Gasteiger partial charge in [-0.2, -0.15) is 13.2 Å². The van der Waals surface area contributed by atoms with Gasteiger partial charge < -0.3 is 0 Å². The molecule has 1 heterocycles. The van der Waals surface area contributed by atoms with Crippen LogP contribution in [0.2, 0.25) is 0 Å². The number of rotatable bonds is 3. The number of piperidine rings is 1. The number of likely N-dealkylation sites (tertiary alicyclic amines) is 1. The van der Waals surface area contributed by atoms with Crippen molar-refractivity contribution < 1.29 is 18.0 Å². The molecule has 0 unspecified atom stereocenters. The Morgan fingerprint density at radius 2 is 1.58 bits per heavy atom. The number of hydrogen-bond acceptors (Lipinski definition) is 2. The highest BCUT2D eigenvalue weighted by Gasteiger charge is 2.41. The Morgan fingerprint density at radius 1 is 1.00 bits per heavy atom. The lowest BCUT2D eigenvalue weighted by Gasteiger charge is -2.33. The molecule has 0 aromatic heterocycles. The number of alkyl halides is 3. The predicted molar refractivity (Wildman–Crippen MR) is 66.8 cm³/mol. The van der Waals surface area contributed by atoms with Crippen LogP contribution in [0, 0.1) is 11.8 Å². The van der Waals surface area contributed by atoms with E-state index in [1.807, 2.05) is 4.90 Å². The Hall–Kier alpha value is -0.580. The summed E-state index contributed by atoms with van der Waals surface area (Å²) >= 11 is 0. The van der Waals surface area contributed by atoms with Crippen LogP contribution in [0.3, 0.4) is 0 Å². The molecule has 2 rings (SSSR count). The smallest absolute Gasteiger partial charge is 0.298 e. The second-order valence-electron chi connectivity index (χ2n) is 5.89. The third kappa shape index (κ3) is 4.20. The van der Waals surface area contributed by atoms with Crippen molar-refractivity contribution in [2.75, 3.05) is 19.6 Å². The van der Waals surface area contributed by atoms with Crippen molar-refractivity contribution in [3.05, 3.63) is 0 Å². The van der Waals surface area contributed by atoms with Crippen LogP contribution in [0.15, 0.2) is 0 Å². The first-order chi connectivity index (χ1) is 8.97. The molecule has 2 nitrogen and oxygen atoms in total. The molecule has 2 aliphatic rings. The molecular formula is C14H22F3NO. The average Bonchev–Trinajstić information content (AvgIpc) is 2.39. The molecule has 5 heteroatoms. The van der Waals surface area contributed by atoms with Gasteiger partial charge in [0.1, 0.15) is 5.78 Å². The number of halogens is 3. The quantitative estimate of drug-likeness (QED) is 0.788. The minimum absolute atomic E-state index is 0.140. The van der Waals surface area contributed by atoms with Crippen molar-refractivity contribution in [2.45, 2.75) is 51.1 Å². The molecule has 19 heavy (non-hydrogen) atoms. The van der Waals surface area contributed by atoms with Gasteiger partial charge in [0.05, 0.1) is 12.5 Å². The van der Waals surface area contributed by atoms with Gasteiger partial charge in [0.25, 0.3) is 0 Å². The fraction of sp³-hybridized carbons (Fsp3) is 0.929. The summed E-state index contributed by atoms with van der Waals surface area (Å²) in [6, 6.07) is 0. The van der Waals surface area contributed by atoms with Crippen molar-refractivity contribution >= 4 is 5.78 Å². The lowest BCUT2D eigenvalue weighted by atomic mass is 9.85. The molecule has 1 aliphatic carbocycles. The highest BCUT2D eigenvalue weighted by Crippen LogP contribution is 2.34. The number of carbonyl (C=O) groups excluding carboxylic acids is 1. The van der Waals surface area contributed by atoms with Crippen molar-refractivity contribution in [1.82, 2.24) is 4.90 Å². The molecular weight excluding hydrogens is 255 g/mol. The molecule has 0 radical (unpaired) electrons. The fourth-order valence-corrected chi connectivity index (χ4v) is 3.19. The molecule has 1 saturated carbocycles. The molecule has 0 aromatic carbocycles. The maximum atomic E-state index is 12.5. The summed E-state index contributed by atoms with van der Waals surface area (Å²) in [7, 11) is 0. The van der Waals surface area contributed by atoms with E-state index >= 15 is 0 Å². The van der Waals surface area contributed by atoms with Crippen molar-refractivity contribution in [1.29, 1.82) is 0 Å². The summed E-state index contributed by atoms with van der Waals surface area (Å²) in [5, 5.41) is 0. The van der Waals surface area contributed by atoms with E-state index in [1.54, 1.807) is 0 Å². The molecule has 0 spiro atoms. The molecule has 1 aliphatic heterocycles. The highest BCUT2D eigenvalue weighted by atomic mass is 19.4. The molecule has 0 amide bonds. The molecule has 0 bridgehead atoms. The Morgan fingerprint density at radius 3 is 2.11 bits per heavy atom. The van der Waals surface area contributed by atoms with Crippen LogP contribution >= 0.6 is 0 Å². The molecule has 2 fully saturated rings. The van der Waals surface area contributed by atoms with Gasteiger partial charge >= 0.3 is 6.18 Å². The SMILES string of the molecule is O=C(CN1CCC(C(F)(F)F)CC1)C1CCCCC1. The van der Waals surface area contributed by atoms with Crippen LogP contribution < -0.4 is 0 Å². The van der Waals surface area contributed by atoms with Gasteiger partial charge in [0.2, 0.25) is 0 Å². The van der Waals surface area contributed by atoms with Gasteiger partial charge in [-0.3, -0.25) is 9.69 Å². The summed E-state index contributed by atoms with van der Waals surface area (Å²) in [6.07, 6.45) is 1.60. The number of Topliss-reactive ketones (excluding diaryl/α,β-unsaturated/α-hetero) is 1. The maximum Gasteiger partial charge on any atom is 0.391 e. The topological polar surface area (TPSA) is 20.3 Å². The fourth-order valence-electron chi connectivity index (χ4n) is 3.19. The molecule has 0 aromatic rings. The van der Waals surface area contributed by atoms with Crippen molar-refractivity contribution in [2.24, 2.45) is 11.8 Å². The molecule has 110 valence electrons. The van der Waals surface area contributed by atoms with Crippen LogP contribution in [0.4, 0.5) is 13.2 Å². The van der Waals surface area contributed by atoms with Gasteiger partial charge in [-0.25, -0.2) is 0 Å². The largest absolute Gasteiger partial charge is 0.391 e. The number of hydrogen-bond donors (Lipinski definition) is 0. The minimum Gasteiger partial charge on any atom is -0.298 e. The average molecular weight is 277 g/mol. The van der Waals surface area contributed by atoms with Crippen molar-refractivity contribution in [3.63, 3.8) is 0 Å². The zero-order valence-corrected chi connectivity index (χ0v) is 11.2. The second-order valence-corrected chi connectivity index (χ2v) is 5.89. The summed E-state index contributed by atoms with van der Waals surface area (Å²) in [6.45, 7) is 1.17.